The van der Waals surface area contributed by atoms with Crippen molar-refractivity contribution in [3.8, 4) is 11.1 Å². The molecule has 0 aliphatic heterocycles. The number of pyridine rings is 1. The molecule has 0 spiro atoms. The molecule has 0 saturated carbocycles. The van der Waals surface area contributed by atoms with Crippen molar-refractivity contribution in [1.82, 2.24) is 9.88 Å². The van der Waals surface area contributed by atoms with Crippen molar-refractivity contribution in [1.29, 1.82) is 0 Å². The molecule has 5 rings (SSSR count). The molecule has 1 aliphatic carbocycles. The van der Waals surface area contributed by atoms with E-state index in [1.54, 1.807) is 6.20 Å². The summed E-state index contributed by atoms with van der Waals surface area (Å²) in [5.41, 5.74) is 7.03. The highest BCUT2D eigenvalue weighted by molar-refractivity contribution is 6.30. The van der Waals surface area contributed by atoms with Crippen LogP contribution in [0.5, 0.6) is 0 Å². The predicted molar refractivity (Wildman–Crippen MR) is 160 cm³/mol. The van der Waals surface area contributed by atoms with Gasteiger partial charge in [0.2, 0.25) is 0 Å². The molecule has 0 amide bonds. The summed E-state index contributed by atoms with van der Waals surface area (Å²) in [5.74, 6) is -0.856. The van der Waals surface area contributed by atoms with Crippen molar-refractivity contribution >= 4 is 17.7 Å². The average molecular weight is 537 g/mol. The molecule has 2 N–H and O–H groups in total. The molecule has 1 aromatic heterocycles. The van der Waals surface area contributed by atoms with Crippen molar-refractivity contribution in [3.05, 3.63) is 141 Å². The number of halogens is 1. The maximum absolute atomic E-state index is 13.6. The molecule has 4 nitrogen and oxygen atoms in total. The minimum Gasteiger partial charge on any atom is -0.388 e. The Morgan fingerprint density at radius 2 is 1.79 bits per heavy atom. The topological polar surface area (TPSA) is 56.3 Å². The van der Waals surface area contributed by atoms with Gasteiger partial charge in [-0.3, -0.25) is 4.79 Å². The quantitative estimate of drug-likeness (QED) is 0.242. The molecule has 3 unspecified atom stereocenters. The third kappa shape index (κ3) is 5.71. The summed E-state index contributed by atoms with van der Waals surface area (Å²) < 4.78 is 0. The summed E-state index contributed by atoms with van der Waals surface area (Å²) in [7, 11) is 4.01. The van der Waals surface area contributed by atoms with E-state index in [0.717, 1.165) is 27.8 Å². The lowest BCUT2D eigenvalue weighted by atomic mass is 9.65. The highest BCUT2D eigenvalue weighted by atomic mass is 35.5. The first-order valence-electron chi connectivity index (χ1n) is 13.3. The summed E-state index contributed by atoms with van der Waals surface area (Å²) in [6, 6.07) is 27.6. The fourth-order valence-electron chi connectivity index (χ4n) is 5.75. The Morgan fingerprint density at radius 3 is 2.56 bits per heavy atom. The Balaban J connectivity index is 1.75. The van der Waals surface area contributed by atoms with Crippen LogP contribution in [0.25, 0.3) is 17.2 Å². The minimum absolute atomic E-state index is 0.214. The van der Waals surface area contributed by atoms with Crippen LogP contribution in [-0.2, 0) is 0 Å². The largest absolute Gasteiger partial charge is 0.388 e. The van der Waals surface area contributed by atoms with Crippen LogP contribution in [0.2, 0.25) is 5.02 Å². The number of aliphatic hydroxyl groups is 1. The Kier molecular flexibility index (Phi) is 8.02. The molecule has 0 bridgehead atoms. The molecular weight excluding hydrogens is 504 g/mol. The fourth-order valence-corrected chi connectivity index (χ4v) is 5.94. The third-order valence-corrected chi connectivity index (χ3v) is 7.91. The van der Waals surface area contributed by atoms with Gasteiger partial charge in [-0.25, -0.2) is 0 Å². The van der Waals surface area contributed by atoms with E-state index in [0.29, 0.717) is 30.0 Å². The number of H-pyrrole nitrogens is 1. The molecule has 3 aromatic carbocycles. The number of rotatable bonds is 8. The molecule has 0 fully saturated rings. The maximum atomic E-state index is 13.6. The van der Waals surface area contributed by atoms with E-state index in [2.05, 4.69) is 27.7 Å². The van der Waals surface area contributed by atoms with Gasteiger partial charge in [0.05, 0.1) is 5.60 Å². The number of nitrogens with one attached hydrogen (secondary N) is 1. The van der Waals surface area contributed by atoms with E-state index in [-0.39, 0.29) is 11.5 Å². The minimum atomic E-state index is -1.29. The summed E-state index contributed by atoms with van der Waals surface area (Å²) in [5, 5.41) is 13.7. The SMILES string of the molecule is CN(C)CCC(O)(C1CC=C=Cc2ccccc21)C(c1ccccc1)c1cc(-c2cccc(Cl)c2)c[nH]c1=O. The smallest absolute Gasteiger partial charge is 0.251 e. The zero-order valence-electron chi connectivity index (χ0n) is 22.3. The average Bonchev–Trinajstić information content (AvgIpc) is 3.17. The number of allylic oxidation sites excluding steroid dienone is 1. The predicted octanol–water partition coefficient (Wildman–Crippen LogP) is 6.87. The van der Waals surface area contributed by atoms with Crippen LogP contribution in [0.4, 0.5) is 0 Å². The van der Waals surface area contributed by atoms with E-state index < -0.39 is 11.5 Å². The first-order chi connectivity index (χ1) is 18.9. The lowest BCUT2D eigenvalue weighted by Gasteiger charge is -2.43. The Labute approximate surface area is 234 Å². The van der Waals surface area contributed by atoms with Crippen LogP contribution in [0, 0.1) is 0 Å². The number of benzene rings is 3. The first-order valence-corrected chi connectivity index (χ1v) is 13.6. The highest BCUT2D eigenvalue weighted by Gasteiger charge is 2.47. The van der Waals surface area contributed by atoms with Crippen LogP contribution in [0.15, 0.2) is 108 Å². The van der Waals surface area contributed by atoms with E-state index in [4.69, 9.17) is 11.6 Å². The van der Waals surface area contributed by atoms with Crippen LogP contribution in [0.3, 0.4) is 0 Å². The van der Waals surface area contributed by atoms with Crippen LogP contribution in [-0.4, -0.2) is 41.2 Å². The van der Waals surface area contributed by atoms with Gasteiger partial charge in [0.1, 0.15) is 0 Å². The molecule has 0 saturated heterocycles. The van der Waals surface area contributed by atoms with Crippen molar-refractivity contribution in [2.75, 3.05) is 20.6 Å². The second-order valence-corrected chi connectivity index (χ2v) is 10.9. The molecular formula is C34H33ClN2O2. The molecule has 39 heavy (non-hydrogen) atoms. The zero-order valence-corrected chi connectivity index (χ0v) is 23.0. The van der Waals surface area contributed by atoms with E-state index in [1.165, 1.54) is 0 Å². The molecule has 4 aromatic rings. The number of nitrogens with zero attached hydrogens (tertiary/aromatic N) is 1. The summed E-state index contributed by atoms with van der Waals surface area (Å²) >= 11 is 6.30. The van der Waals surface area contributed by atoms with E-state index in [1.807, 2.05) is 99.0 Å². The number of aromatic nitrogens is 1. The van der Waals surface area contributed by atoms with Crippen LogP contribution >= 0.6 is 11.6 Å². The molecule has 1 heterocycles. The lowest BCUT2D eigenvalue weighted by Crippen LogP contribution is -2.46. The van der Waals surface area contributed by atoms with Gasteiger partial charge in [0, 0.05) is 35.2 Å². The first kappa shape index (κ1) is 26.9. The van der Waals surface area contributed by atoms with Gasteiger partial charge in [-0.05, 0) is 85.1 Å². The van der Waals surface area contributed by atoms with Crippen molar-refractivity contribution in [2.24, 2.45) is 0 Å². The van der Waals surface area contributed by atoms with Gasteiger partial charge in [0.25, 0.3) is 5.56 Å². The number of hydrogen-bond donors (Lipinski definition) is 2. The fraction of sp³-hybridized carbons (Fsp3) is 0.235. The number of hydrogen-bond acceptors (Lipinski definition) is 3. The van der Waals surface area contributed by atoms with Crippen LogP contribution in [0.1, 0.15) is 46.9 Å². The van der Waals surface area contributed by atoms with Gasteiger partial charge >= 0.3 is 0 Å². The van der Waals surface area contributed by atoms with Crippen molar-refractivity contribution in [3.63, 3.8) is 0 Å². The molecule has 5 heteroatoms. The summed E-state index contributed by atoms with van der Waals surface area (Å²) in [6.45, 7) is 0.654. The molecule has 1 aliphatic rings. The molecule has 0 radical (unpaired) electrons. The highest BCUT2D eigenvalue weighted by Crippen LogP contribution is 2.48. The summed E-state index contributed by atoms with van der Waals surface area (Å²) in [6.07, 6.45) is 6.76. The van der Waals surface area contributed by atoms with E-state index in [9.17, 15) is 9.90 Å². The van der Waals surface area contributed by atoms with Crippen LogP contribution < -0.4 is 5.56 Å². The maximum Gasteiger partial charge on any atom is 0.251 e. The lowest BCUT2D eigenvalue weighted by molar-refractivity contribution is -0.0168. The van der Waals surface area contributed by atoms with E-state index >= 15 is 0 Å². The number of fused-ring (bicyclic) bond motifs is 1. The van der Waals surface area contributed by atoms with Gasteiger partial charge in [0.15, 0.2) is 0 Å². The zero-order chi connectivity index (χ0) is 27.4. The van der Waals surface area contributed by atoms with Gasteiger partial charge in [-0.15, -0.1) is 5.73 Å². The molecule has 198 valence electrons. The third-order valence-electron chi connectivity index (χ3n) is 7.68. The van der Waals surface area contributed by atoms with Crippen molar-refractivity contribution in [2.45, 2.75) is 30.3 Å². The monoisotopic (exact) mass is 536 g/mol. The van der Waals surface area contributed by atoms with Gasteiger partial charge in [-0.2, -0.15) is 0 Å². The normalized spacial score (nSPS) is 16.9. The second kappa shape index (κ2) is 11.6. The van der Waals surface area contributed by atoms with Gasteiger partial charge in [-0.1, -0.05) is 78.3 Å². The molecule has 3 atom stereocenters. The Hall–Kier alpha value is -3.66. The van der Waals surface area contributed by atoms with Gasteiger partial charge < -0.3 is 15.0 Å². The summed E-state index contributed by atoms with van der Waals surface area (Å²) in [4.78, 5) is 18.7. The Bertz CT molecular complexity index is 1570. The second-order valence-electron chi connectivity index (χ2n) is 10.5. The van der Waals surface area contributed by atoms with Crippen molar-refractivity contribution < 1.29 is 5.11 Å². The Morgan fingerprint density at radius 1 is 1.03 bits per heavy atom. The number of aromatic amines is 1. The standard InChI is InChI=1S/C34H33ClN2O2/c1-37(2)20-19-34(39,31-18-9-7-12-24-11-6-8-17-29(24)31)32(25-13-4-3-5-14-25)30-22-27(23-36-33(30)38)26-15-10-16-28(35)21-26/h3-6,8-17,21-23,31-32,39H,18-20H2,1-2H3,(H,36,38).